The van der Waals surface area contributed by atoms with Gasteiger partial charge in [-0.2, -0.15) is 0 Å². The Balaban J connectivity index is 1.65. The minimum absolute atomic E-state index is 0.895. The van der Waals surface area contributed by atoms with E-state index in [4.69, 9.17) is 0 Å². The van der Waals surface area contributed by atoms with E-state index in [1.165, 1.54) is 11.1 Å². The van der Waals surface area contributed by atoms with E-state index in [2.05, 4.69) is 81.6 Å². The molecule has 3 aromatic rings. The highest BCUT2D eigenvalue weighted by atomic mass is 79.9. The van der Waals surface area contributed by atoms with Crippen LogP contribution in [0.1, 0.15) is 18.1 Å². The fourth-order valence-electron chi connectivity index (χ4n) is 2.20. The van der Waals surface area contributed by atoms with Crippen LogP contribution in [0, 0.1) is 0 Å². The smallest absolute Gasteiger partial charge is 0.119 e. The number of aryl methyl sites for hydroxylation is 1. The molecule has 0 bridgehead atoms. The molecule has 0 aliphatic rings. The Morgan fingerprint density at radius 1 is 0.826 bits per heavy atom. The highest BCUT2D eigenvalue weighted by molar-refractivity contribution is 9.10. The highest BCUT2D eigenvalue weighted by Gasteiger charge is 2.03. The van der Waals surface area contributed by atoms with Crippen LogP contribution in [-0.2, 0) is 12.2 Å². The predicted molar refractivity (Wildman–Crippen MR) is 101 cm³/mol. The molecule has 0 unspecified atom stereocenters. The van der Waals surface area contributed by atoms with Crippen molar-refractivity contribution in [3.63, 3.8) is 0 Å². The molecule has 2 aromatic carbocycles. The molecule has 0 amide bonds. The van der Waals surface area contributed by atoms with Gasteiger partial charge >= 0.3 is 0 Å². The molecule has 0 N–H and O–H groups in total. The fourth-order valence-corrected chi connectivity index (χ4v) is 3.23. The molecule has 4 heteroatoms. The van der Waals surface area contributed by atoms with Gasteiger partial charge in [0.05, 0.1) is 5.69 Å². The topological polar surface area (TPSA) is 25.8 Å². The van der Waals surface area contributed by atoms with Gasteiger partial charge in [0.15, 0.2) is 0 Å². The Bertz CT molecular complexity index is 753. The zero-order valence-corrected chi connectivity index (χ0v) is 15.3. The second kappa shape index (κ2) is 7.75. The van der Waals surface area contributed by atoms with E-state index in [0.717, 1.165) is 32.9 Å². The van der Waals surface area contributed by atoms with Crippen LogP contribution in [0.4, 0.5) is 0 Å². The Morgan fingerprint density at radius 3 is 2.13 bits per heavy atom. The number of halogens is 1. The van der Waals surface area contributed by atoms with Crippen LogP contribution in [-0.4, -0.2) is 10.2 Å². The predicted octanol–water partition coefficient (Wildman–Crippen LogP) is 5.76. The molecule has 0 saturated carbocycles. The maximum absolute atomic E-state index is 4.35. The van der Waals surface area contributed by atoms with E-state index in [-0.39, 0.29) is 0 Å². The number of rotatable bonds is 5. The van der Waals surface area contributed by atoms with Gasteiger partial charge in [-0.05, 0) is 41.8 Å². The van der Waals surface area contributed by atoms with Crippen molar-refractivity contribution in [1.82, 2.24) is 10.2 Å². The van der Waals surface area contributed by atoms with Crippen molar-refractivity contribution in [2.45, 2.75) is 24.1 Å². The van der Waals surface area contributed by atoms with Crippen molar-refractivity contribution in [3.05, 3.63) is 76.3 Å². The number of aromatic nitrogens is 2. The van der Waals surface area contributed by atoms with E-state index >= 15 is 0 Å². The summed E-state index contributed by atoms with van der Waals surface area (Å²) in [6.07, 6.45) is 1.05. The Kier molecular flexibility index (Phi) is 5.47. The van der Waals surface area contributed by atoms with Crippen LogP contribution in [0.25, 0.3) is 11.3 Å². The summed E-state index contributed by atoms with van der Waals surface area (Å²) in [4.78, 5) is 0. The quantitative estimate of drug-likeness (QED) is 0.522. The van der Waals surface area contributed by atoms with Gasteiger partial charge in [0, 0.05) is 15.8 Å². The summed E-state index contributed by atoms with van der Waals surface area (Å²) in [6.45, 7) is 2.16. The number of hydrogen-bond acceptors (Lipinski definition) is 3. The molecule has 0 atom stereocenters. The number of benzene rings is 2. The summed E-state index contributed by atoms with van der Waals surface area (Å²) in [5, 5.41) is 9.63. The van der Waals surface area contributed by atoms with E-state index < -0.39 is 0 Å². The van der Waals surface area contributed by atoms with Gasteiger partial charge in [-0.1, -0.05) is 71.0 Å². The van der Waals surface area contributed by atoms with Gasteiger partial charge in [-0.3, -0.25) is 0 Å². The number of nitrogens with zero attached hydrogens (tertiary/aromatic N) is 2. The largest absolute Gasteiger partial charge is 0.149 e. The number of hydrogen-bond donors (Lipinski definition) is 0. The Morgan fingerprint density at radius 2 is 1.52 bits per heavy atom. The molecular weight excluding hydrogens is 368 g/mol. The van der Waals surface area contributed by atoms with Crippen LogP contribution in [0.3, 0.4) is 0 Å². The lowest BCUT2D eigenvalue weighted by atomic mass is 10.1. The molecular formula is C19H17BrN2S. The van der Waals surface area contributed by atoms with E-state index in [1.807, 2.05) is 12.1 Å². The molecule has 23 heavy (non-hydrogen) atoms. The molecule has 0 spiro atoms. The van der Waals surface area contributed by atoms with E-state index in [9.17, 15) is 0 Å². The van der Waals surface area contributed by atoms with Gasteiger partial charge in [-0.25, -0.2) is 0 Å². The third-order valence-electron chi connectivity index (χ3n) is 3.60. The second-order valence-corrected chi connectivity index (χ2v) is 7.13. The number of thioether (sulfide) groups is 1. The SMILES string of the molecule is CCc1ccc(-c2ccc(SCc3ccc(Br)cc3)nn2)cc1. The molecule has 1 aromatic heterocycles. The lowest BCUT2D eigenvalue weighted by molar-refractivity contribution is 0.935. The molecule has 0 saturated heterocycles. The molecule has 0 aliphatic heterocycles. The molecule has 3 rings (SSSR count). The minimum atomic E-state index is 0.895. The molecule has 0 radical (unpaired) electrons. The highest BCUT2D eigenvalue weighted by Crippen LogP contribution is 2.23. The van der Waals surface area contributed by atoms with Gasteiger partial charge in [0.2, 0.25) is 0 Å². The van der Waals surface area contributed by atoms with Crippen LogP contribution < -0.4 is 0 Å². The maximum Gasteiger partial charge on any atom is 0.119 e. The summed E-state index contributed by atoms with van der Waals surface area (Å²) in [7, 11) is 0. The lowest BCUT2D eigenvalue weighted by Gasteiger charge is -2.04. The average molecular weight is 385 g/mol. The van der Waals surface area contributed by atoms with Crippen LogP contribution in [0.5, 0.6) is 0 Å². The summed E-state index contributed by atoms with van der Waals surface area (Å²) in [5.74, 6) is 0.895. The van der Waals surface area contributed by atoms with Gasteiger partial charge in [-0.15, -0.1) is 10.2 Å². The second-order valence-electron chi connectivity index (χ2n) is 5.22. The molecule has 0 fully saturated rings. The monoisotopic (exact) mass is 384 g/mol. The standard InChI is InChI=1S/C19H17BrN2S/c1-2-14-3-7-16(8-4-14)18-11-12-19(22-21-18)23-13-15-5-9-17(20)10-6-15/h3-12H,2,13H2,1H3. The third kappa shape index (κ3) is 4.43. The fraction of sp³-hybridized carbons (Fsp3) is 0.158. The molecule has 0 aliphatic carbocycles. The Hall–Kier alpha value is -1.65. The lowest BCUT2D eigenvalue weighted by Crippen LogP contribution is -1.90. The van der Waals surface area contributed by atoms with E-state index in [1.54, 1.807) is 11.8 Å². The first kappa shape index (κ1) is 16.2. The van der Waals surface area contributed by atoms with Crippen LogP contribution >= 0.6 is 27.7 Å². The van der Waals surface area contributed by atoms with Crippen LogP contribution in [0.15, 0.2) is 70.2 Å². The molecule has 116 valence electrons. The van der Waals surface area contributed by atoms with Crippen molar-refractivity contribution in [1.29, 1.82) is 0 Å². The molecule has 2 nitrogen and oxygen atoms in total. The van der Waals surface area contributed by atoms with Gasteiger partial charge in [0.1, 0.15) is 5.03 Å². The normalized spacial score (nSPS) is 10.7. The van der Waals surface area contributed by atoms with Crippen molar-refractivity contribution in [2.75, 3.05) is 0 Å². The van der Waals surface area contributed by atoms with E-state index in [0.29, 0.717) is 0 Å². The van der Waals surface area contributed by atoms with Crippen molar-refractivity contribution in [2.24, 2.45) is 0 Å². The Labute approximate surface area is 149 Å². The zero-order chi connectivity index (χ0) is 16.1. The zero-order valence-electron chi connectivity index (χ0n) is 12.9. The first-order valence-corrected chi connectivity index (χ1v) is 9.33. The third-order valence-corrected chi connectivity index (χ3v) is 5.12. The van der Waals surface area contributed by atoms with Crippen LogP contribution in [0.2, 0.25) is 0 Å². The van der Waals surface area contributed by atoms with Crippen molar-refractivity contribution in [3.8, 4) is 11.3 Å². The van der Waals surface area contributed by atoms with Crippen molar-refractivity contribution >= 4 is 27.7 Å². The summed E-state index contributed by atoms with van der Waals surface area (Å²) in [6, 6.07) is 20.9. The first-order valence-electron chi connectivity index (χ1n) is 7.55. The summed E-state index contributed by atoms with van der Waals surface area (Å²) in [5.41, 5.74) is 4.64. The average Bonchev–Trinajstić information content (AvgIpc) is 2.62. The first-order chi connectivity index (χ1) is 11.2. The summed E-state index contributed by atoms with van der Waals surface area (Å²) >= 11 is 5.15. The maximum atomic E-state index is 4.35. The molecule has 1 heterocycles. The van der Waals surface area contributed by atoms with Gasteiger partial charge in [0.25, 0.3) is 0 Å². The van der Waals surface area contributed by atoms with Crippen molar-refractivity contribution < 1.29 is 0 Å². The van der Waals surface area contributed by atoms with Gasteiger partial charge < -0.3 is 0 Å². The summed E-state index contributed by atoms with van der Waals surface area (Å²) < 4.78 is 1.10. The minimum Gasteiger partial charge on any atom is -0.149 e.